The summed E-state index contributed by atoms with van der Waals surface area (Å²) in [5.41, 5.74) is -0.146. The number of aromatic nitrogens is 1. The molecule has 0 bridgehead atoms. The third-order valence-corrected chi connectivity index (χ3v) is 3.86. The molecule has 2 aromatic rings. The highest BCUT2D eigenvalue weighted by molar-refractivity contribution is 9.10. The van der Waals surface area contributed by atoms with Crippen molar-refractivity contribution in [3.8, 4) is 0 Å². The van der Waals surface area contributed by atoms with Gasteiger partial charge in [0.15, 0.2) is 0 Å². The van der Waals surface area contributed by atoms with Gasteiger partial charge in [-0.05, 0) is 36.9 Å². The molecule has 0 spiro atoms. The molecule has 0 aliphatic rings. The Bertz CT molecular complexity index is 646. The summed E-state index contributed by atoms with van der Waals surface area (Å²) < 4.78 is 40.2. The van der Waals surface area contributed by atoms with Crippen molar-refractivity contribution in [1.29, 1.82) is 0 Å². The molecule has 0 aliphatic heterocycles. The van der Waals surface area contributed by atoms with Crippen molar-refractivity contribution in [2.45, 2.75) is 12.2 Å². The van der Waals surface area contributed by atoms with Crippen LogP contribution >= 0.6 is 27.5 Å². The van der Waals surface area contributed by atoms with Crippen LogP contribution in [-0.2, 0) is 6.18 Å². The second-order valence-corrected chi connectivity index (χ2v) is 5.67. The molecular formula is C14H11BrClF3N2. The monoisotopic (exact) mass is 378 g/mol. The predicted octanol–water partition coefficient (Wildman–Crippen LogP) is 4.83. The highest BCUT2D eigenvalue weighted by Gasteiger charge is 2.35. The van der Waals surface area contributed by atoms with Gasteiger partial charge in [-0.3, -0.25) is 4.98 Å². The van der Waals surface area contributed by atoms with E-state index in [-0.39, 0.29) is 5.56 Å². The van der Waals surface area contributed by atoms with Crippen LogP contribution in [0, 0.1) is 0 Å². The molecule has 1 aromatic carbocycles. The molecular weight excluding hydrogens is 369 g/mol. The van der Waals surface area contributed by atoms with Crippen LogP contribution in [-0.4, -0.2) is 12.0 Å². The third-order valence-electron chi connectivity index (χ3n) is 3.03. The molecule has 2 rings (SSSR count). The van der Waals surface area contributed by atoms with Gasteiger partial charge in [-0.2, -0.15) is 13.2 Å². The van der Waals surface area contributed by atoms with Gasteiger partial charge in [0.05, 0.1) is 11.6 Å². The van der Waals surface area contributed by atoms with Crippen LogP contribution in [0.25, 0.3) is 0 Å². The molecule has 21 heavy (non-hydrogen) atoms. The molecule has 0 saturated heterocycles. The standard InChI is InChI=1S/C14H11BrClF3N2/c1-20-13(9-6-8(15)2-3-12(9)16)10-7-21-5-4-11(10)14(17,18)19/h2-7,13,20H,1H3. The van der Waals surface area contributed by atoms with Gasteiger partial charge in [-0.25, -0.2) is 0 Å². The summed E-state index contributed by atoms with van der Waals surface area (Å²) in [6.07, 6.45) is -2.12. The molecule has 1 atom stereocenters. The molecule has 1 N–H and O–H groups in total. The lowest BCUT2D eigenvalue weighted by Gasteiger charge is -2.22. The zero-order valence-electron chi connectivity index (χ0n) is 10.9. The smallest absolute Gasteiger partial charge is 0.309 e. The first kappa shape index (κ1) is 16.3. The van der Waals surface area contributed by atoms with Crippen LogP contribution in [0.15, 0.2) is 41.1 Å². The van der Waals surface area contributed by atoms with E-state index in [1.807, 2.05) is 0 Å². The van der Waals surface area contributed by atoms with Crippen molar-refractivity contribution in [3.63, 3.8) is 0 Å². The first-order valence-corrected chi connectivity index (χ1v) is 7.15. The van der Waals surface area contributed by atoms with Gasteiger partial charge in [0, 0.05) is 27.5 Å². The summed E-state index contributed by atoms with van der Waals surface area (Å²) in [5, 5.41) is 3.25. The molecule has 0 aliphatic carbocycles. The van der Waals surface area contributed by atoms with Gasteiger partial charge in [0.25, 0.3) is 0 Å². The minimum absolute atomic E-state index is 0.0347. The maximum atomic E-state index is 13.1. The van der Waals surface area contributed by atoms with Crippen LogP contribution in [0.5, 0.6) is 0 Å². The Morgan fingerprint density at radius 2 is 1.95 bits per heavy atom. The van der Waals surface area contributed by atoms with Crippen molar-refractivity contribution >= 4 is 27.5 Å². The summed E-state index contributed by atoms with van der Waals surface area (Å²) in [6.45, 7) is 0. The van der Waals surface area contributed by atoms with Gasteiger partial charge in [-0.15, -0.1) is 0 Å². The molecule has 112 valence electrons. The number of benzene rings is 1. The molecule has 0 radical (unpaired) electrons. The van der Waals surface area contributed by atoms with E-state index in [4.69, 9.17) is 11.6 Å². The lowest BCUT2D eigenvalue weighted by atomic mass is 9.96. The van der Waals surface area contributed by atoms with Crippen LogP contribution in [0.2, 0.25) is 5.02 Å². The number of halogens is 5. The molecule has 0 saturated carbocycles. The lowest BCUT2D eigenvalue weighted by molar-refractivity contribution is -0.138. The van der Waals surface area contributed by atoms with Crippen molar-refractivity contribution in [3.05, 3.63) is 62.8 Å². The molecule has 2 nitrogen and oxygen atoms in total. The number of pyridine rings is 1. The maximum Gasteiger partial charge on any atom is 0.416 e. The molecule has 1 unspecified atom stereocenters. The number of alkyl halides is 3. The lowest BCUT2D eigenvalue weighted by Crippen LogP contribution is -2.22. The van der Waals surface area contributed by atoms with Crippen LogP contribution in [0.1, 0.15) is 22.7 Å². The Balaban J connectivity index is 2.60. The normalized spacial score (nSPS) is 13.2. The Hall–Kier alpha value is -1.11. The molecule has 1 heterocycles. The third kappa shape index (κ3) is 3.56. The van der Waals surface area contributed by atoms with Gasteiger partial charge in [-0.1, -0.05) is 27.5 Å². The Kier molecular flexibility index (Phi) is 4.91. The Morgan fingerprint density at radius 1 is 1.24 bits per heavy atom. The van der Waals surface area contributed by atoms with Crippen LogP contribution in [0.4, 0.5) is 13.2 Å². The van der Waals surface area contributed by atoms with E-state index >= 15 is 0 Å². The number of rotatable bonds is 3. The summed E-state index contributed by atoms with van der Waals surface area (Å²) >= 11 is 9.42. The van der Waals surface area contributed by atoms with Crippen LogP contribution < -0.4 is 5.32 Å². The molecule has 0 amide bonds. The van der Waals surface area contributed by atoms with Crippen molar-refractivity contribution < 1.29 is 13.2 Å². The maximum absolute atomic E-state index is 13.1. The topological polar surface area (TPSA) is 24.9 Å². The van der Waals surface area contributed by atoms with E-state index in [0.29, 0.717) is 10.6 Å². The highest BCUT2D eigenvalue weighted by Crippen LogP contribution is 2.38. The fourth-order valence-electron chi connectivity index (χ4n) is 2.11. The molecule has 7 heteroatoms. The van der Waals surface area contributed by atoms with E-state index in [1.165, 1.54) is 6.20 Å². The van der Waals surface area contributed by atoms with E-state index in [9.17, 15) is 13.2 Å². The highest BCUT2D eigenvalue weighted by atomic mass is 79.9. The van der Waals surface area contributed by atoms with E-state index in [1.54, 1.807) is 25.2 Å². The predicted molar refractivity (Wildman–Crippen MR) is 79.3 cm³/mol. The van der Waals surface area contributed by atoms with Gasteiger partial charge >= 0.3 is 6.18 Å². The summed E-state index contributed by atoms with van der Waals surface area (Å²) in [4.78, 5) is 3.81. The van der Waals surface area contributed by atoms with Crippen molar-refractivity contribution in [1.82, 2.24) is 10.3 Å². The average molecular weight is 380 g/mol. The fraction of sp³-hybridized carbons (Fsp3) is 0.214. The number of nitrogens with zero attached hydrogens (tertiary/aromatic N) is 1. The number of nitrogens with one attached hydrogen (secondary N) is 1. The minimum atomic E-state index is -4.45. The quantitative estimate of drug-likeness (QED) is 0.826. The second-order valence-electron chi connectivity index (χ2n) is 4.35. The molecule has 0 fully saturated rings. The largest absolute Gasteiger partial charge is 0.416 e. The summed E-state index contributed by atoms with van der Waals surface area (Å²) in [7, 11) is 1.58. The Morgan fingerprint density at radius 3 is 2.57 bits per heavy atom. The van der Waals surface area contributed by atoms with E-state index < -0.39 is 17.8 Å². The molecule has 1 aromatic heterocycles. The van der Waals surface area contributed by atoms with E-state index in [2.05, 4.69) is 26.2 Å². The van der Waals surface area contributed by atoms with E-state index in [0.717, 1.165) is 16.7 Å². The van der Waals surface area contributed by atoms with Crippen molar-refractivity contribution in [2.75, 3.05) is 7.05 Å². The van der Waals surface area contributed by atoms with Crippen molar-refractivity contribution in [2.24, 2.45) is 0 Å². The van der Waals surface area contributed by atoms with Gasteiger partial charge < -0.3 is 5.32 Å². The zero-order valence-corrected chi connectivity index (χ0v) is 13.2. The fourth-order valence-corrected chi connectivity index (χ4v) is 2.71. The Labute approximate surface area is 133 Å². The SMILES string of the molecule is CNC(c1cc(Br)ccc1Cl)c1cnccc1C(F)(F)F. The number of hydrogen-bond acceptors (Lipinski definition) is 2. The average Bonchev–Trinajstić information content (AvgIpc) is 2.43. The summed E-state index contributed by atoms with van der Waals surface area (Å²) in [6, 6.07) is 5.31. The first-order valence-electron chi connectivity index (χ1n) is 5.98. The van der Waals surface area contributed by atoms with Gasteiger partial charge in [0.1, 0.15) is 0 Å². The minimum Gasteiger partial charge on any atom is -0.309 e. The van der Waals surface area contributed by atoms with Gasteiger partial charge in [0.2, 0.25) is 0 Å². The zero-order chi connectivity index (χ0) is 15.6. The second kappa shape index (κ2) is 6.34. The number of hydrogen-bond donors (Lipinski definition) is 1. The summed E-state index contributed by atoms with van der Waals surface area (Å²) in [5.74, 6) is 0. The first-order chi connectivity index (χ1) is 9.84. The van der Waals surface area contributed by atoms with Crippen LogP contribution in [0.3, 0.4) is 0 Å².